The van der Waals surface area contributed by atoms with Gasteiger partial charge in [-0.3, -0.25) is 14.9 Å². The summed E-state index contributed by atoms with van der Waals surface area (Å²) in [5.74, 6) is -1.30. The van der Waals surface area contributed by atoms with Crippen LogP contribution in [-0.4, -0.2) is 15.8 Å². The van der Waals surface area contributed by atoms with Crippen LogP contribution in [0.2, 0.25) is 10.0 Å². The number of nitrogens with zero attached hydrogens (tertiary/aromatic N) is 1. The molecule has 0 saturated heterocycles. The summed E-state index contributed by atoms with van der Waals surface area (Å²) in [5, 5.41) is 19.5. The molecule has 7 heteroatoms. The number of phenols is 1. The maximum absolute atomic E-state index is 11.0. The van der Waals surface area contributed by atoms with Gasteiger partial charge in [0, 0.05) is 0 Å². The molecular formula is C8H5Cl2NO4. The molecule has 0 fully saturated rings. The zero-order valence-electron chi connectivity index (χ0n) is 7.45. The van der Waals surface area contributed by atoms with E-state index in [1.165, 1.54) is 0 Å². The Morgan fingerprint density at radius 3 is 2.47 bits per heavy atom. The summed E-state index contributed by atoms with van der Waals surface area (Å²) in [6, 6.07) is 1.09. The molecule has 0 aliphatic rings. The van der Waals surface area contributed by atoms with Gasteiger partial charge >= 0.3 is 5.69 Å². The second-order valence-corrected chi connectivity index (χ2v) is 3.52. The summed E-state index contributed by atoms with van der Waals surface area (Å²) < 4.78 is 0. The predicted molar refractivity (Wildman–Crippen MR) is 54.8 cm³/mol. The molecule has 0 heterocycles. The zero-order valence-corrected chi connectivity index (χ0v) is 8.96. The van der Waals surface area contributed by atoms with E-state index in [-0.39, 0.29) is 15.6 Å². The number of halogens is 2. The van der Waals surface area contributed by atoms with Gasteiger partial charge in [0.15, 0.2) is 5.78 Å². The molecule has 0 radical (unpaired) electrons. The lowest BCUT2D eigenvalue weighted by Crippen LogP contribution is -1.98. The Labute approximate surface area is 94.4 Å². The fourth-order valence-electron chi connectivity index (χ4n) is 1.04. The van der Waals surface area contributed by atoms with Crippen molar-refractivity contribution in [2.24, 2.45) is 0 Å². The van der Waals surface area contributed by atoms with E-state index in [4.69, 9.17) is 23.2 Å². The van der Waals surface area contributed by atoms with Crippen LogP contribution in [0.3, 0.4) is 0 Å². The van der Waals surface area contributed by atoms with E-state index in [1.807, 2.05) is 0 Å². The van der Waals surface area contributed by atoms with Crippen molar-refractivity contribution in [3.8, 4) is 5.75 Å². The number of hydrogen-bond acceptors (Lipinski definition) is 4. The summed E-state index contributed by atoms with van der Waals surface area (Å²) in [4.78, 5) is 20.7. The Morgan fingerprint density at radius 2 is 2.07 bits per heavy atom. The molecule has 0 aromatic heterocycles. The third kappa shape index (κ3) is 2.03. The van der Waals surface area contributed by atoms with Crippen molar-refractivity contribution in [3.63, 3.8) is 0 Å². The fourth-order valence-corrected chi connectivity index (χ4v) is 1.45. The third-order valence-electron chi connectivity index (χ3n) is 1.73. The smallest absolute Gasteiger partial charge is 0.331 e. The topological polar surface area (TPSA) is 80.4 Å². The van der Waals surface area contributed by atoms with Crippen LogP contribution in [0.25, 0.3) is 0 Å². The number of phenolic OH excluding ortho intramolecular Hbond substituents is 1. The van der Waals surface area contributed by atoms with Crippen LogP contribution >= 0.6 is 23.2 Å². The number of rotatable bonds is 2. The van der Waals surface area contributed by atoms with Gasteiger partial charge in [-0.1, -0.05) is 23.2 Å². The molecule has 0 saturated carbocycles. The first kappa shape index (κ1) is 11.7. The van der Waals surface area contributed by atoms with E-state index in [2.05, 4.69) is 0 Å². The van der Waals surface area contributed by atoms with Crippen LogP contribution in [0, 0.1) is 10.1 Å². The molecule has 0 bridgehead atoms. The van der Waals surface area contributed by atoms with Gasteiger partial charge in [-0.05, 0) is 13.0 Å². The average Bonchev–Trinajstić information content (AvgIpc) is 2.10. The molecule has 5 nitrogen and oxygen atoms in total. The Bertz CT molecular complexity index is 458. The van der Waals surface area contributed by atoms with Gasteiger partial charge < -0.3 is 5.11 Å². The van der Waals surface area contributed by atoms with E-state index in [0.717, 1.165) is 13.0 Å². The highest BCUT2D eigenvalue weighted by Crippen LogP contribution is 2.41. The minimum atomic E-state index is -0.893. The molecule has 0 unspecified atom stereocenters. The molecule has 0 spiro atoms. The second kappa shape index (κ2) is 4.04. The molecule has 0 aliphatic carbocycles. The van der Waals surface area contributed by atoms with Crippen molar-refractivity contribution in [3.05, 3.63) is 31.8 Å². The molecule has 1 rings (SSSR count). The lowest BCUT2D eigenvalue weighted by molar-refractivity contribution is -0.385. The number of Topliss-reactive ketones (excluding diaryl/α,β-unsaturated/α-hetero) is 1. The number of nitro benzene ring substituents is 1. The first-order valence-electron chi connectivity index (χ1n) is 3.72. The summed E-state index contributed by atoms with van der Waals surface area (Å²) in [5.41, 5.74) is -0.981. The van der Waals surface area contributed by atoms with E-state index in [9.17, 15) is 20.0 Å². The summed E-state index contributed by atoms with van der Waals surface area (Å²) in [7, 11) is 0. The number of nitro groups is 1. The van der Waals surface area contributed by atoms with Crippen LogP contribution in [0.1, 0.15) is 17.3 Å². The Kier molecular flexibility index (Phi) is 3.16. The van der Waals surface area contributed by atoms with Gasteiger partial charge in [-0.2, -0.15) is 0 Å². The highest BCUT2D eigenvalue weighted by Gasteiger charge is 2.26. The standard InChI is InChI=1S/C8H5Cl2NO4/c1-3(12)4-2-5(9)6(10)7(8(4)13)11(14)15/h2,13H,1H3. The Morgan fingerprint density at radius 1 is 1.53 bits per heavy atom. The van der Waals surface area contributed by atoms with Crippen LogP contribution in [0.5, 0.6) is 5.75 Å². The fraction of sp³-hybridized carbons (Fsp3) is 0.125. The molecule has 1 aromatic carbocycles. The number of benzene rings is 1. The lowest BCUT2D eigenvalue weighted by Gasteiger charge is -2.04. The van der Waals surface area contributed by atoms with E-state index in [0.29, 0.717) is 0 Å². The maximum atomic E-state index is 11.0. The first-order chi connectivity index (χ1) is 6.86. The van der Waals surface area contributed by atoms with Gasteiger partial charge in [0.2, 0.25) is 5.75 Å². The van der Waals surface area contributed by atoms with Crippen LogP contribution < -0.4 is 0 Å². The molecule has 0 amide bonds. The van der Waals surface area contributed by atoms with Crippen molar-refractivity contribution in [2.75, 3.05) is 0 Å². The van der Waals surface area contributed by atoms with Gasteiger partial charge in [0.05, 0.1) is 15.5 Å². The zero-order chi connectivity index (χ0) is 11.7. The van der Waals surface area contributed by atoms with Crippen molar-refractivity contribution < 1.29 is 14.8 Å². The molecule has 0 atom stereocenters. The highest BCUT2D eigenvalue weighted by molar-refractivity contribution is 6.44. The Balaban J connectivity index is 3.63. The Hall–Kier alpha value is -1.33. The van der Waals surface area contributed by atoms with Crippen molar-refractivity contribution in [1.29, 1.82) is 0 Å². The molecule has 1 N–H and O–H groups in total. The van der Waals surface area contributed by atoms with Crippen LogP contribution in [0.15, 0.2) is 6.07 Å². The molecule has 80 valence electrons. The number of carbonyl (C=O) groups excluding carboxylic acids is 1. The third-order valence-corrected chi connectivity index (χ3v) is 2.51. The van der Waals surface area contributed by atoms with Gasteiger partial charge in [-0.25, -0.2) is 0 Å². The van der Waals surface area contributed by atoms with E-state index in [1.54, 1.807) is 0 Å². The molecular weight excluding hydrogens is 245 g/mol. The number of ketones is 1. The lowest BCUT2D eigenvalue weighted by atomic mass is 10.1. The monoisotopic (exact) mass is 249 g/mol. The van der Waals surface area contributed by atoms with Crippen molar-refractivity contribution in [1.82, 2.24) is 0 Å². The SMILES string of the molecule is CC(=O)c1cc(Cl)c(Cl)c([N+](=O)[O-])c1O. The largest absolute Gasteiger partial charge is 0.502 e. The average molecular weight is 250 g/mol. The minimum Gasteiger partial charge on any atom is -0.502 e. The van der Waals surface area contributed by atoms with Crippen LogP contribution in [0.4, 0.5) is 5.69 Å². The quantitative estimate of drug-likeness (QED) is 0.497. The molecule has 15 heavy (non-hydrogen) atoms. The maximum Gasteiger partial charge on any atom is 0.331 e. The van der Waals surface area contributed by atoms with Crippen LogP contribution in [-0.2, 0) is 0 Å². The highest BCUT2D eigenvalue weighted by atomic mass is 35.5. The number of aromatic hydroxyl groups is 1. The summed E-state index contributed by atoms with van der Waals surface area (Å²) >= 11 is 11.1. The first-order valence-corrected chi connectivity index (χ1v) is 4.48. The predicted octanol–water partition coefficient (Wildman–Crippen LogP) is 2.81. The summed E-state index contributed by atoms with van der Waals surface area (Å²) in [6.45, 7) is 1.16. The van der Waals surface area contributed by atoms with Crippen molar-refractivity contribution >= 4 is 34.7 Å². The van der Waals surface area contributed by atoms with Gasteiger partial charge in [-0.15, -0.1) is 0 Å². The van der Waals surface area contributed by atoms with Gasteiger partial charge in [0.25, 0.3) is 0 Å². The molecule has 0 aliphatic heterocycles. The minimum absolute atomic E-state index is 0.147. The van der Waals surface area contributed by atoms with Gasteiger partial charge in [0.1, 0.15) is 5.02 Å². The van der Waals surface area contributed by atoms with Crippen molar-refractivity contribution in [2.45, 2.75) is 6.92 Å². The number of carbonyl (C=O) groups is 1. The van der Waals surface area contributed by atoms with E-state index >= 15 is 0 Å². The summed E-state index contributed by atoms with van der Waals surface area (Å²) in [6.07, 6.45) is 0. The van der Waals surface area contributed by atoms with E-state index < -0.39 is 22.1 Å². The second-order valence-electron chi connectivity index (χ2n) is 2.73. The normalized spacial score (nSPS) is 10.1. The number of hydrogen-bond donors (Lipinski definition) is 1. The molecule has 1 aromatic rings.